The number of carbonyl (C=O) groups is 1. The zero-order valence-electron chi connectivity index (χ0n) is 18.1. The molecular weight excluding hydrogens is 436 g/mol. The van der Waals surface area contributed by atoms with Crippen LogP contribution in [0.5, 0.6) is 5.75 Å². The van der Waals surface area contributed by atoms with Crippen molar-refractivity contribution in [2.45, 2.75) is 31.2 Å². The van der Waals surface area contributed by atoms with E-state index in [0.717, 1.165) is 5.56 Å². The highest BCUT2D eigenvalue weighted by atomic mass is 32.2. The minimum Gasteiger partial charge on any atom is -0.493 e. The molecule has 0 fully saturated rings. The summed E-state index contributed by atoms with van der Waals surface area (Å²) in [6, 6.07) is 8.93. The summed E-state index contributed by atoms with van der Waals surface area (Å²) in [6.07, 6.45) is -0.316. The number of hydrazone groups is 1. The number of thioether (sulfide) groups is 1. The molecule has 2 aliphatic rings. The van der Waals surface area contributed by atoms with Crippen molar-refractivity contribution in [3.63, 3.8) is 0 Å². The number of hydrogen-bond donors (Lipinski definition) is 1. The Hall–Kier alpha value is -2.49. The van der Waals surface area contributed by atoms with Gasteiger partial charge in [-0.25, -0.2) is 13.8 Å². The van der Waals surface area contributed by atoms with Crippen molar-refractivity contribution in [2.75, 3.05) is 20.3 Å². The van der Waals surface area contributed by atoms with Gasteiger partial charge in [-0.3, -0.25) is 4.79 Å². The van der Waals surface area contributed by atoms with E-state index in [4.69, 9.17) is 15.2 Å². The molecule has 0 saturated carbocycles. The van der Waals surface area contributed by atoms with Gasteiger partial charge >= 0.3 is 0 Å². The van der Waals surface area contributed by atoms with Crippen LogP contribution in [0.4, 0.5) is 8.78 Å². The van der Waals surface area contributed by atoms with Crippen LogP contribution in [0.25, 0.3) is 0 Å². The van der Waals surface area contributed by atoms with Crippen LogP contribution in [-0.4, -0.2) is 42.3 Å². The lowest BCUT2D eigenvalue weighted by atomic mass is 9.86. The Balaban J connectivity index is 1.94. The van der Waals surface area contributed by atoms with Gasteiger partial charge in [0, 0.05) is 24.2 Å². The number of aryl methyl sites for hydroxylation is 1. The number of halogens is 2. The SMILES string of the molecule is COC(C)C(=O)N1N=C(c2cc(C)ccc2F)SC12c1cc(F)ccc1OCC2CCN. The molecule has 1 amide bonds. The van der Waals surface area contributed by atoms with Gasteiger partial charge in [0.05, 0.1) is 6.61 Å². The number of fused-ring (bicyclic) bond motifs is 2. The Morgan fingerprint density at radius 1 is 1.38 bits per heavy atom. The van der Waals surface area contributed by atoms with Crippen molar-refractivity contribution in [3.8, 4) is 5.75 Å². The first-order valence-electron chi connectivity index (χ1n) is 10.4. The molecule has 0 radical (unpaired) electrons. The second-order valence-corrected chi connectivity index (χ2v) is 9.15. The second-order valence-electron chi connectivity index (χ2n) is 7.94. The number of ether oxygens (including phenoxy) is 2. The average Bonchev–Trinajstić information content (AvgIpc) is 3.17. The summed E-state index contributed by atoms with van der Waals surface area (Å²) in [5, 5.41) is 6.25. The van der Waals surface area contributed by atoms with Gasteiger partial charge in [0.25, 0.3) is 5.91 Å². The van der Waals surface area contributed by atoms with Crippen LogP contribution in [0.1, 0.15) is 30.0 Å². The monoisotopic (exact) mass is 461 g/mol. The fourth-order valence-electron chi connectivity index (χ4n) is 4.11. The Morgan fingerprint density at radius 3 is 2.88 bits per heavy atom. The van der Waals surface area contributed by atoms with E-state index in [2.05, 4.69) is 5.10 Å². The highest BCUT2D eigenvalue weighted by molar-refractivity contribution is 8.15. The lowest BCUT2D eigenvalue weighted by Gasteiger charge is -2.45. The summed E-state index contributed by atoms with van der Waals surface area (Å²) in [5.74, 6) is -1.19. The standard InChI is InChI=1S/C23H25F2N3O3S/c1-13-4-6-19(25)17(10-13)21-27-28(22(29)14(2)30-3)23(32-21)15(8-9-26)12-31-20-7-5-16(24)11-18(20)23/h4-7,10-11,14-15H,8-9,12,26H2,1-3H3. The molecule has 0 bridgehead atoms. The van der Waals surface area contributed by atoms with Gasteiger partial charge in [-0.05, 0) is 57.1 Å². The molecule has 2 N–H and O–H groups in total. The molecule has 2 aliphatic heterocycles. The first-order chi connectivity index (χ1) is 15.3. The molecule has 2 heterocycles. The Bertz CT molecular complexity index is 1080. The quantitative estimate of drug-likeness (QED) is 0.734. The van der Waals surface area contributed by atoms with Gasteiger partial charge in [-0.15, -0.1) is 0 Å². The van der Waals surface area contributed by atoms with Crippen LogP contribution in [0.15, 0.2) is 41.5 Å². The zero-order chi connectivity index (χ0) is 23.0. The van der Waals surface area contributed by atoms with Crippen molar-refractivity contribution in [3.05, 3.63) is 64.7 Å². The van der Waals surface area contributed by atoms with Crippen LogP contribution in [0.2, 0.25) is 0 Å². The smallest absolute Gasteiger partial charge is 0.273 e. The maximum absolute atomic E-state index is 14.8. The van der Waals surface area contributed by atoms with Gasteiger partial charge < -0.3 is 15.2 Å². The number of amides is 1. The molecule has 2 aromatic rings. The van der Waals surface area contributed by atoms with Crippen molar-refractivity contribution >= 4 is 22.7 Å². The Kier molecular flexibility index (Phi) is 6.24. The molecule has 170 valence electrons. The van der Waals surface area contributed by atoms with Crippen LogP contribution in [0.3, 0.4) is 0 Å². The third-order valence-electron chi connectivity index (χ3n) is 5.86. The molecule has 3 unspecified atom stereocenters. The van der Waals surface area contributed by atoms with Crippen molar-refractivity contribution in [1.29, 1.82) is 0 Å². The maximum Gasteiger partial charge on any atom is 0.273 e. The fraction of sp³-hybridized carbons (Fsp3) is 0.391. The fourth-order valence-corrected chi connectivity index (χ4v) is 5.63. The largest absolute Gasteiger partial charge is 0.493 e. The highest BCUT2D eigenvalue weighted by Gasteiger charge is 2.57. The first kappa shape index (κ1) is 22.7. The van der Waals surface area contributed by atoms with Gasteiger partial charge in [-0.2, -0.15) is 5.10 Å². The van der Waals surface area contributed by atoms with Gasteiger partial charge in [0.2, 0.25) is 0 Å². The van der Waals surface area contributed by atoms with Gasteiger partial charge in [0.15, 0.2) is 4.87 Å². The Labute approximate surface area is 189 Å². The topological polar surface area (TPSA) is 77.1 Å². The summed E-state index contributed by atoms with van der Waals surface area (Å²) in [7, 11) is 1.43. The zero-order valence-corrected chi connectivity index (χ0v) is 18.9. The molecule has 0 saturated heterocycles. The summed E-state index contributed by atoms with van der Waals surface area (Å²) in [4.78, 5) is 12.3. The molecule has 9 heteroatoms. The number of rotatable bonds is 5. The third kappa shape index (κ3) is 3.68. The summed E-state index contributed by atoms with van der Waals surface area (Å²) >= 11 is 1.23. The summed E-state index contributed by atoms with van der Waals surface area (Å²) < 4.78 is 40.4. The lowest BCUT2D eigenvalue weighted by Crippen LogP contribution is -2.53. The van der Waals surface area contributed by atoms with E-state index in [1.165, 1.54) is 42.1 Å². The van der Waals surface area contributed by atoms with E-state index in [0.29, 0.717) is 29.3 Å². The predicted molar refractivity (Wildman–Crippen MR) is 119 cm³/mol. The van der Waals surface area contributed by atoms with E-state index >= 15 is 0 Å². The minimum absolute atomic E-state index is 0.257. The molecule has 0 aromatic heterocycles. The molecule has 2 aromatic carbocycles. The second kappa shape index (κ2) is 8.80. The molecular formula is C23H25F2N3O3S. The molecule has 6 nitrogen and oxygen atoms in total. The van der Waals surface area contributed by atoms with E-state index in [9.17, 15) is 13.6 Å². The van der Waals surface area contributed by atoms with Crippen LogP contribution in [-0.2, 0) is 14.4 Å². The number of hydrogen-bond acceptors (Lipinski definition) is 6. The lowest BCUT2D eigenvalue weighted by molar-refractivity contribution is -0.147. The number of nitrogens with two attached hydrogens (primary N) is 1. The van der Waals surface area contributed by atoms with E-state index in [1.807, 2.05) is 6.92 Å². The summed E-state index contributed by atoms with van der Waals surface area (Å²) in [6.45, 7) is 4.06. The average molecular weight is 462 g/mol. The van der Waals surface area contributed by atoms with Crippen molar-refractivity contribution < 1.29 is 23.0 Å². The van der Waals surface area contributed by atoms with Crippen LogP contribution >= 0.6 is 11.8 Å². The van der Waals surface area contributed by atoms with Crippen LogP contribution in [0, 0.1) is 24.5 Å². The number of carbonyl (C=O) groups excluding carboxylic acids is 1. The molecule has 4 rings (SSSR count). The minimum atomic E-state index is -1.15. The highest BCUT2D eigenvalue weighted by Crippen LogP contribution is 2.57. The third-order valence-corrected chi connectivity index (χ3v) is 7.39. The molecule has 32 heavy (non-hydrogen) atoms. The Morgan fingerprint density at radius 2 is 2.16 bits per heavy atom. The molecule has 0 aliphatic carbocycles. The van der Waals surface area contributed by atoms with E-state index < -0.39 is 28.5 Å². The molecule has 1 spiro atoms. The van der Waals surface area contributed by atoms with Crippen molar-refractivity contribution in [1.82, 2.24) is 5.01 Å². The number of nitrogens with zero attached hydrogens (tertiary/aromatic N) is 2. The van der Waals surface area contributed by atoms with Gasteiger partial charge in [0.1, 0.15) is 28.5 Å². The maximum atomic E-state index is 14.8. The van der Waals surface area contributed by atoms with Crippen molar-refractivity contribution in [2.24, 2.45) is 16.8 Å². The van der Waals surface area contributed by atoms with E-state index in [1.54, 1.807) is 25.1 Å². The van der Waals surface area contributed by atoms with Gasteiger partial charge in [-0.1, -0.05) is 23.4 Å². The first-order valence-corrected chi connectivity index (χ1v) is 11.2. The number of methoxy groups -OCH3 is 1. The summed E-state index contributed by atoms with van der Waals surface area (Å²) in [5.41, 5.74) is 7.50. The molecule has 3 atom stereocenters. The van der Waals surface area contributed by atoms with Crippen LogP contribution < -0.4 is 10.5 Å². The normalized spacial score (nSPS) is 23.0. The number of benzene rings is 2. The predicted octanol–water partition coefficient (Wildman–Crippen LogP) is 3.76. The van der Waals surface area contributed by atoms with E-state index in [-0.39, 0.29) is 18.1 Å².